The number of H-pyrrole nitrogens is 1. The second kappa shape index (κ2) is 8.02. The maximum atomic E-state index is 9.83. The zero-order valence-electron chi connectivity index (χ0n) is 13.9. The van der Waals surface area contributed by atoms with E-state index in [0.29, 0.717) is 24.6 Å². The van der Waals surface area contributed by atoms with Crippen LogP contribution in [0.15, 0.2) is 12.7 Å². The first-order valence-corrected chi connectivity index (χ1v) is 8.21. The van der Waals surface area contributed by atoms with Gasteiger partial charge in [-0.1, -0.05) is 6.92 Å². The summed E-state index contributed by atoms with van der Waals surface area (Å²) in [6.45, 7) is 2.97. The molecule has 0 spiro atoms. The van der Waals surface area contributed by atoms with Crippen LogP contribution >= 0.6 is 0 Å². The first-order chi connectivity index (χ1) is 12.1. The van der Waals surface area contributed by atoms with Crippen molar-refractivity contribution in [2.75, 3.05) is 25.1 Å². The normalized spacial score (nSPS) is 28.2. The molecule has 2 aromatic rings. The second-order valence-corrected chi connectivity index (χ2v) is 6.23. The number of fused-ring (bicyclic) bond motifs is 1. The van der Waals surface area contributed by atoms with Crippen LogP contribution in [0.2, 0.25) is 0 Å². The molecule has 1 fully saturated rings. The Balaban J connectivity index is 1.41. The SMILES string of the molecule is CC(CCNc1ncnc2nc[nH]c12)COC1OC[C@@H](O)[C@@H](O)[C@H]1O. The van der Waals surface area contributed by atoms with Gasteiger partial charge >= 0.3 is 0 Å². The number of aromatic nitrogens is 4. The van der Waals surface area contributed by atoms with E-state index in [1.165, 1.54) is 6.33 Å². The highest BCUT2D eigenvalue weighted by molar-refractivity contribution is 5.81. The van der Waals surface area contributed by atoms with E-state index in [0.717, 1.165) is 11.9 Å². The number of hydrogen-bond donors (Lipinski definition) is 5. The minimum Gasteiger partial charge on any atom is -0.388 e. The van der Waals surface area contributed by atoms with E-state index in [1.54, 1.807) is 6.33 Å². The Kier molecular flexibility index (Phi) is 5.76. The summed E-state index contributed by atoms with van der Waals surface area (Å²) in [4.78, 5) is 15.3. The van der Waals surface area contributed by atoms with Crippen molar-refractivity contribution in [1.29, 1.82) is 0 Å². The molecule has 1 aliphatic rings. The third-order valence-corrected chi connectivity index (χ3v) is 4.15. The predicted octanol–water partition coefficient (Wildman–Crippen LogP) is -0.753. The van der Waals surface area contributed by atoms with Gasteiger partial charge in [0.25, 0.3) is 0 Å². The molecule has 10 nitrogen and oxygen atoms in total. The Morgan fingerprint density at radius 2 is 2.16 bits per heavy atom. The van der Waals surface area contributed by atoms with Gasteiger partial charge in [0.05, 0.1) is 19.5 Å². The van der Waals surface area contributed by atoms with Crippen LogP contribution in [0.25, 0.3) is 11.2 Å². The van der Waals surface area contributed by atoms with Crippen LogP contribution in [-0.4, -0.2) is 79.6 Å². The Labute approximate surface area is 144 Å². The fourth-order valence-electron chi connectivity index (χ4n) is 2.60. The number of aliphatic hydroxyl groups is 3. The molecule has 0 saturated carbocycles. The summed E-state index contributed by atoms with van der Waals surface area (Å²) in [5, 5.41) is 32.1. The average Bonchev–Trinajstić information content (AvgIpc) is 3.09. The smallest absolute Gasteiger partial charge is 0.186 e. The van der Waals surface area contributed by atoms with Gasteiger partial charge < -0.3 is 35.1 Å². The minimum absolute atomic E-state index is 0.0628. The van der Waals surface area contributed by atoms with E-state index in [-0.39, 0.29) is 12.5 Å². The van der Waals surface area contributed by atoms with Gasteiger partial charge in [0.15, 0.2) is 17.8 Å². The fraction of sp³-hybridized carbons (Fsp3) is 0.667. The van der Waals surface area contributed by atoms with Crippen molar-refractivity contribution in [1.82, 2.24) is 19.9 Å². The van der Waals surface area contributed by atoms with E-state index < -0.39 is 24.6 Å². The van der Waals surface area contributed by atoms with E-state index in [1.807, 2.05) is 6.92 Å². The standard InChI is InChI=1S/C15H23N5O5/c1-8(4-24-15-12(23)11(22)9(21)5-25-15)2-3-16-13-10-14(18-6-17-10)20-7-19-13/h6-9,11-12,15,21-23H,2-5H2,1H3,(H2,16,17,18,19,20)/t8?,9-,11-,12-,15?/m1/s1. The molecule has 1 saturated heterocycles. The highest BCUT2D eigenvalue weighted by Crippen LogP contribution is 2.18. The van der Waals surface area contributed by atoms with Crippen molar-refractivity contribution in [3.05, 3.63) is 12.7 Å². The molecule has 1 aliphatic heterocycles. The number of nitrogens with zero attached hydrogens (tertiary/aromatic N) is 3. The number of anilines is 1. The first kappa shape index (κ1) is 18.0. The molecule has 0 radical (unpaired) electrons. The minimum atomic E-state index is -1.26. The second-order valence-electron chi connectivity index (χ2n) is 6.23. The van der Waals surface area contributed by atoms with Crippen LogP contribution in [0.3, 0.4) is 0 Å². The van der Waals surface area contributed by atoms with Gasteiger partial charge in [-0.25, -0.2) is 15.0 Å². The Morgan fingerprint density at radius 3 is 3.00 bits per heavy atom. The van der Waals surface area contributed by atoms with Gasteiger partial charge in [0.1, 0.15) is 30.2 Å². The van der Waals surface area contributed by atoms with Crippen molar-refractivity contribution in [2.24, 2.45) is 5.92 Å². The highest BCUT2D eigenvalue weighted by atomic mass is 16.7. The molecular weight excluding hydrogens is 330 g/mol. The van der Waals surface area contributed by atoms with Crippen molar-refractivity contribution in [2.45, 2.75) is 37.9 Å². The number of imidazole rings is 1. The summed E-state index contributed by atoms with van der Waals surface area (Å²) in [5.74, 6) is 0.880. The third-order valence-electron chi connectivity index (χ3n) is 4.15. The molecule has 25 heavy (non-hydrogen) atoms. The quantitative estimate of drug-likeness (QED) is 0.434. The molecule has 10 heteroatoms. The summed E-state index contributed by atoms with van der Waals surface area (Å²) < 4.78 is 10.7. The Bertz CT molecular complexity index is 683. The van der Waals surface area contributed by atoms with E-state index in [9.17, 15) is 15.3 Å². The molecular formula is C15H23N5O5. The van der Waals surface area contributed by atoms with Crippen molar-refractivity contribution < 1.29 is 24.8 Å². The van der Waals surface area contributed by atoms with Crippen molar-refractivity contribution >= 4 is 17.0 Å². The van der Waals surface area contributed by atoms with Crippen LogP contribution in [0.5, 0.6) is 0 Å². The lowest BCUT2D eigenvalue weighted by Gasteiger charge is -2.35. The predicted molar refractivity (Wildman–Crippen MR) is 87.7 cm³/mol. The summed E-state index contributed by atoms with van der Waals surface area (Å²) >= 11 is 0. The number of aliphatic hydroxyl groups excluding tert-OH is 3. The molecule has 3 rings (SSSR count). The van der Waals surface area contributed by atoms with Crippen LogP contribution in [0.4, 0.5) is 5.82 Å². The molecule has 5 N–H and O–H groups in total. The molecule has 138 valence electrons. The van der Waals surface area contributed by atoms with Crippen LogP contribution < -0.4 is 5.32 Å². The third kappa shape index (κ3) is 4.22. The summed E-state index contributed by atoms with van der Waals surface area (Å²) in [6.07, 6.45) is -0.715. The Hall–Kier alpha value is -1.85. The number of nitrogens with one attached hydrogen (secondary N) is 2. The van der Waals surface area contributed by atoms with E-state index >= 15 is 0 Å². The van der Waals surface area contributed by atoms with Crippen molar-refractivity contribution in [3.63, 3.8) is 0 Å². The molecule has 0 bridgehead atoms. The van der Waals surface area contributed by atoms with Crippen molar-refractivity contribution in [3.8, 4) is 0 Å². The van der Waals surface area contributed by atoms with Gasteiger partial charge in [-0.2, -0.15) is 0 Å². The van der Waals surface area contributed by atoms with E-state index in [2.05, 4.69) is 25.3 Å². The lowest BCUT2D eigenvalue weighted by molar-refractivity contribution is -0.272. The molecule has 0 amide bonds. The van der Waals surface area contributed by atoms with Crippen LogP contribution in [0, 0.1) is 5.92 Å². The maximum Gasteiger partial charge on any atom is 0.186 e. The molecule has 0 aliphatic carbocycles. The van der Waals surface area contributed by atoms with Gasteiger partial charge in [0, 0.05) is 6.54 Å². The zero-order valence-corrected chi connectivity index (χ0v) is 13.9. The number of ether oxygens (including phenoxy) is 2. The maximum absolute atomic E-state index is 9.83. The lowest BCUT2D eigenvalue weighted by atomic mass is 10.1. The molecule has 3 heterocycles. The molecule has 5 atom stereocenters. The molecule has 0 aromatic carbocycles. The fourth-order valence-corrected chi connectivity index (χ4v) is 2.60. The number of rotatable bonds is 7. The summed E-state index contributed by atoms with van der Waals surface area (Å²) in [5.41, 5.74) is 1.37. The Morgan fingerprint density at radius 1 is 1.32 bits per heavy atom. The van der Waals surface area contributed by atoms with Gasteiger partial charge in [-0.15, -0.1) is 0 Å². The van der Waals surface area contributed by atoms with Gasteiger partial charge in [0.2, 0.25) is 0 Å². The first-order valence-electron chi connectivity index (χ1n) is 8.21. The zero-order chi connectivity index (χ0) is 17.8. The number of hydrogen-bond acceptors (Lipinski definition) is 9. The van der Waals surface area contributed by atoms with Gasteiger partial charge in [-0.3, -0.25) is 0 Å². The topological polar surface area (TPSA) is 146 Å². The highest BCUT2D eigenvalue weighted by Gasteiger charge is 2.38. The largest absolute Gasteiger partial charge is 0.388 e. The molecule has 2 unspecified atom stereocenters. The number of aromatic amines is 1. The molecule has 2 aromatic heterocycles. The summed E-state index contributed by atoms with van der Waals surface area (Å²) in [6, 6.07) is 0. The monoisotopic (exact) mass is 353 g/mol. The van der Waals surface area contributed by atoms with E-state index in [4.69, 9.17) is 9.47 Å². The van der Waals surface area contributed by atoms with Crippen LogP contribution in [0.1, 0.15) is 13.3 Å². The lowest BCUT2D eigenvalue weighted by Crippen LogP contribution is -2.53. The van der Waals surface area contributed by atoms with Crippen LogP contribution in [-0.2, 0) is 9.47 Å². The summed E-state index contributed by atoms with van der Waals surface area (Å²) in [7, 11) is 0. The average molecular weight is 353 g/mol. The van der Waals surface area contributed by atoms with Gasteiger partial charge in [-0.05, 0) is 12.3 Å².